The molecule has 0 aliphatic rings. The first-order valence-electron chi connectivity index (χ1n) is 6.56. The Balaban J connectivity index is 1.96. The maximum atomic E-state index is 12.9. The number of carbonyl (C=O) groups excluding carboxylic acids is 1. The molecule has 104 valence electrons. The molecule has 3 rings (SSSR count). The first-order chi connectivity index (χ1) is 10.1. The van der Waals surface area contributed by atoms with Crippen LogP contribution in [-0.2, 0) is 0 Å². The van der Waals surface area contributed by atoms with E-state index in [2.05, 4.69) is 10.3 Å². The Morgan fingerprint density at radius 1 is 1.10 bits per heavy atom. The fourth-order valence-corrected chi connectivity index (χ4v) is 2.16. The van der Waals surface area contributed by atoms with Gasteiger partial charge in [-0.3, -0.25) is 9.78 Å². The van der Waals surface area contributed by atoms with E-state index in [9.17, 15) is 9.18 Å². The number of pyridine rings is 1. The SMILES string of the molecule is Cc1ccc2nccc(NC(=O)c3ccc(F)cc3)c2c1. The monoisotopic (exact) mass is 280 g/mol. The minimum atomic E-state index is -0.364. The van der Waals surface area contributed by atoms with Crippen molar-refractivity contribution in [1.29, 1.82) is 0 Å². The molecule has 1 N–H and O–H groups in total. The number of anilines is 1. The van der Waals surface area contributed by atoms with Gasteiger partial charge in [0.25, 0.3) is 5.91 Å². The molecule has 3 nitrogen and oxygen atoms in total. The molecule has 0 atom stereocenters. The Morgan fingerprint density at radius 2 is 1.86 bits per heavy atom. The van der Waals surface area contributed by atoms with Crippen molar-refractivity contribution in [2.75, 3.05) is 5.32 Å². The summed E-state index contributed by atoms with van der Waals surface area (Å²) in [6.45, 7) is 1.98. The van der Waals surface area contributed by atoms with Gasteiger partial charge in [-0.25, -0.2) is 4.39 Å². The molecule has 0 saturated heterocycles. The minimum Gasteiger partial charge on any atom is -0.321 e. The average Bonchev–Trinajstić information content (AvgIpc) is 2.48. The number of rotatable bonds is 2. The van der Waals surface area contributed by atoms with Gasteiger partial charge in [-0.2, -0.15) is 0 Å². The molecule has 0 aliphatic heterocycles. The maximum absolute atomic E-state index is 12.9. The van der Waals surface area contributed by atoms with Gasteiger partial charge in [0.15, 0.2) is 0 Å². The number of aromatic nitrogens is 1. The van der Waals surface area contributed by atoms with E-state index in [0.29, 0.717) is 11.3 Å². The molecule has 0 spiro atoms. The number of nitrogens with one attached hydrogen (secondary N) is 1. The van der Waals surface area contributed by atoms with Crippen molar-refractivity contribution in [2.24, 2.45) is 0 Å². The number of aryl methyl sites for hydroxylation is 1. The molecular formula is C17H13FN2O. The highest BCUT2D eigenvalue weighted by molar-refractivity contribution is 6.08. The summed E-state index contributed by atoms with van der Waals surface area (Å²) >= 11 is 0. The third-order valence-electron chi connectivity index (χ3n) is 3.25. The lowest BCUT2D eigenvalue weighted by atomic mass is 10.1. The molecule has 0 radical (unpaired) electrons. The number of hydrogen-bond acceptors (Lipinski definition) is 2. The molecule has 0 bridgehead atoms. The van der Waals surface area contributed by atoms with Gasteiger partial charge in [0.2, 0.25) is 0 Å². The second kappa shape index (κ2) is 5.32. The Hall–Kier alpha value is -2.75. The number of hydrogen-bond donors (Lipinski definition) is 1. The van der Waals surface area contributed by atoms with Crippen molar-refractivity contribution in [1.82, 2.24) is 4.98 Å². The first kappa shape index (κ1) is 13.2. The summed E-state index contributed by atoms with van der Waals surface area (Å²) in [6, 6.07) is 13.1. The third-order valence-corrected chi connectivity index (χ3v) is 3.25. The number of carbonyl (C=O) groups is 1. The van der Waals surface area contributed by atoms with E-state index in [1.165, 1.54) is 24.3 Å². The molecule has 0 fully saturated rings. The van der Waals surface area contributed by atoms with Gasteiger partial charge in [0.05, 0.1) is 11.2 Å². The van der Waals surface area contributed by atoms with Crippen molar-refractivity contribution in [2.45, 2.75) is 6.92 Å². The standard InChI is InChI=1S/C17H13FN2O/c1-11-2-7-15-14(10-11)16(8-9-19-15)20-17(21)12-3-5-13(18)6-4-12/h2-10H,1H3,(H,19,20,21). The largest absolute Gasteiger partial charge is 0.321 e. The molecule has 0 aliphatic carbocycles. The van der Waals surface area contributed by atoms with Gasteiger partial charge in [0, 0.05) is 17.1 Å². The number of amides is 1. The minimum absolute atomic E-state index is 0.274. The predicted molar refractivity (Wildman–Crippen MR) is 80.8 cm³/mol. The average molecular weight is 280 g/mol. The lowest BCUT2D eigenvalue weighted by molar-refractivity contribution is 0.102. The molecule has 1 heterocycles. The molecular weight excluding hydrogens is 267 g/mol. The van der Waals surface area contributed by atoms with E-state index in [4.69, 9.17) is 0 Å². The van der Waals surface area contributed by atoms with Crippen molar-refractivity contribution >= 4 is 22.5 Å². The first-order valence-corrected chi connectivity index (χ1v) is 6.56. The smallest absolute Gasteiger partial charge is 0.255 e. The van der Waals surface area contributed by atoms with Crippen molar-refractivity contribution < 1.29 is 9.18 Å². The lowest BCUT2D eigenvalue weighted by Gasteiger charge is -2.09. The van der Waals surface area contributed by atoms with E-state index in [-0.39, 0.29) is 11.7 Å². The van der Waals surface area contributed by atoms with Crippen LogP contribution < -0.4 is 5.32 Å². The third kappa shape index (κ3) is 2.74. The molecule has 1 aromatic heterocycles. The van der Waals surface area contributed by atoms with Gasteiger partial charge in [0.1, 0.15) is 5.82 Å². The number of halogens is 1. The van der Waals surface area contributed by atoms with Gasteiger partial charge in [-0.1, -0.05) is 11.6 Å². The molecule has 4 heteroatoms. The van der Waals surface area contributed by atoms with E-state index >= 15 is 0 Å². The zero-order valence-corrected chi connectivity index (χ0v) is 11.4. The summed E-state index contributed by atoms with van der Waals surface area (Å²) in [5.41, 5.74) is 3.01. The fourth-order valence-electron chi connectivity index (χ4n) is 2.16. The zero-order chi connectivity index (χ0) is 14.8. The highest BCUT2D eigenvalue weighted by Gasteiger charge is 2.09. The highest BCUT2D eigenvalue weighted by Crippen LogP contribution is 2.23. The Labute approximate surface area is 121 Å². The van der Waals surface area contributed by atoms with Gasteiger partial charge < -0.3 is 5.32 Å². The molecule has 0 unspecified atom stereocenters. The quantitative estimate of drug-likeness (QED) is 0.772. The molecule has 3 aromatic rings. The van der Waals surface area contributed by atoms with E-state index < -0.39 is 0 Å². The van der Waals surface area contributed by atoms with Gasteiger partial charge >= 0.3 is 0 Å². The van der Waals surface area contributed by atoms with Crippen LogP contribution in [0.15, 0.2) is 54.7 Å². The fraction of sp³-hybridized carbons (Fsp3) is 0.0588. The normalized spacial score (nSPS) is 10.6. The second-order valence-corrected chi connectivity index (χ2v) is 4.84. The van der Waals surface area contributed by atoms with Crippen molar-refractivity contribution in [3.8, 4) is 0 Å². The van der Waals surface area contributed by atoms with Crippen molar-refractivity contribution in [3.63, 3.8) is 0 Å². The van der Waals surface area contributed by atoms with Crippen LogP contribution in [-0.4, -0.2) is 10.9 Å². The molecule has 1 amide bonds. The highest BCUT2D eigenvalue weighted by atomic mass is 19.1. The second-order valence-electron chi connectivity index (χ2n) is 4.84. The lowest BCUT2D eigenvalue weighted by Crippen LogP contribution is -2.12. The molecule has 0 saturated carbocycles. The molecule has 2 aromatic carbocycles. The van der Waals surface area contributed by atoms with E-state index in [1.54, 1.807) is 12.3 Å². The van der Waals surface area contributed by atoms with Crippen LogP contribution in [0, 0.1) is 12.7 Å². The summed E-state index contributed by atoms with van der Waals surface area (Å²) in [7, 11) is 0. The van der Waals surface area contributed by atoms with Crippen LogP contribution in [0.3, 0.4) is 0 Å². The van der Waals surface area contributed by atoms with Crippen LogP contribution in [0.25, 0.3) is 10.9 Å². The van der Waals surface area contributed by atoms with Crippen molar-refractivity contribution in [3.05, 3.63) is 71.7 Å². The van der Waals surface area contributed by atoms with Gasteiger partial charge in [-0.15, -0.1) is 0 Å². The maximum Gasteiger partial charge on any atom is 0.255 e. The summed E-state index contributed by atoms with van der Waals surface area (Å²) in [6.07, 6.45) is 1.65. The zero-order valence-electron chi connectivity index (χ0n) is 11.4. The van der Waals surface area contributed by atoms with Crippen LogP contribution in [0.4, 0.5) is 10.1 Å². The summed E-state index contributed by atoms with van der Waals surface area (Å²) in [4.78, 5) is 16.5. The van der Waals surface area contributed by atoms with E-state index in [1.807, 2.05) is 25.1 Å². The van der Waals surface area contributed by atoms with E-state index in [0.717, 1.165) is 16.5 Å². The Morgan fingerprint density at radius 3 is 2.62 bits per heavy atom. The predicted octanol–water partition coefficient (Wildman–Crippen LogP) is 3.93. The Bertz CT molecular complexity index is 813. The van der Waals surface area contributed by atoms with Crippen LogP contribution in [0.1, 0.15) is 15.9 Å². The molecule has 21 heavy (non-hydrogen) atoms. The van der Waals surface area contributed by atoms with Gasteiger partial charge in [-0.05, 0) is 49.4 Å². The number of benzene rings is 2. The summed E-state index contributed by atoms with van der Waals surface area (Å²) in [5.74, 6) is -0.638. The Kier molecular flexibility index (Phi) is 3.36. The van der Waals surface area contributed by atoms with Crippen LogP contribution in [0.5, 0.6) is 0 Å². The topological polar surface area (TPSA) is 42.0 Å². The van der Waals surface area contributed by atoms with Crippen LogP contribution >= 0.6 is 0 Å². The summed E-state index contributed by atoms with van der Waals surface area (Å²) in [5, 5.41) is 3.73. The summed E-state index contributed by atoms with van der Waals surface area (Å²) < 4.78 is 12.9. The van der Waals surface area contributed by atoms with Crippen LogP contribution in [0.2, 0.25) is 0 Å². The number of fused-ring (bicyclic) bond motifs is 1. The number of nitrogens with zero attached hydrogens (tertiary/aromatic N) is 1.